The van der Waals surface area contributed by atoms with Crippen LogP contribution in [0, 0.1) is 0 Å². The minimum absolute atomic E-state index is 0.273. The summed E-state index contributed by atoms with van der Waals surface area (Å²) in [5.74, 6) is 0. The van der Waals surface area contributed by atoms with Gasteiger partial charge in [-0.3, -0.25) is 0 Å². The largest absolute Gasteiger partial charge is 0.309 e. The van der Waals surface area contributed by atoms with Crippen LogP contribution in [0.15, 0.2) is 267 Å². The van der Waals surface area contributed by atoms with Crippen LogP contribution >= 0.6 is 0 Å². The van der Waals surface area contributed by atoms with Crippen molar-refractivity contribution in [2.45, 2.75) is 38.5 Å². The van der Waals surface area contributed by atoms with Crippen molar-refractivity contribution in [3.05, 3.63) is 289 Å². The van der Waals surface area contributed by atoms with Crippen LogP contribution in [0.4, 0.5) is 34.1 Å². The lowest BCUT2D eigenvalue weighted by Gasteiger charge is -2.43. The molecule has 2 nitrogen and oxygen atoms in total. The van der Waals surface area contributed by atoms with Crippen LogP contribution in [0.25, 0.3) is 87.6 Å². The van der Waals surface area contributed by atoms with Crippen molar-refractivity contribution in [1.82, 2.24) is 0 Å². The molecule has 0 bridgehead atoms. The summed E-state index contributed by atoms with van der Waals surface area (Å²) >= 11 is 0. The summed E-state index contributed by atoms with van der Waals surface area (Å²) in [5, 5.41) is 9.80. The lowest BCUT2D eigenvalue weighted by molar-refractivity contribution is 0.632. The van der Waals surface area contributed by atoms with Gasteiger partial charge in [0.15, 0.2) is 0 Å². The Hall–Kier alpha value is -9.50. The first-order valence-corrected chi connectivity index (χ1v) is 27.4. The van der Waals surface area contributed by atoms with E-state index in [0.29, 0.717) is 0 Å². The molecule has 0 atom stereocenters. The lowest BCUT2D eigenvalue weighted by Crippen LogP contribution is -2.31. The van der Waals surface area contributed by atoms with Gasteiger partial charge in [-0.1, -0.05) is 252 Å². The Morgan fingerprint density at radius 1 is 0.244 bits per heavy atom. The van der Waals surface area contributed by atoms with Gasteiger partial charge in [-0.05, 0) is 141 Å². The van der Waals surface area contributed by atoms with Crippen LogP contribution in [0.2, 0.25) is 0 Å². The first-order valence-electron chi connectivity index (χ1n) is 27.4. The first kappa shape index (κ1) is 45.9. The molecule has 0 spiro atoms. The fourth-order valence-corrected chi connectivity index (χ4v) is 13.8. The second kappa shape index (κ2) is 17.5. The topological polar surface area (TPSA) is 6.48 Å². The minimum Gasteiger partial charge on any atom is -0.309 e. The molecule has 0 unspecified atom stereocenters. The number of para-hydroxylation sites is 6. The summed E-state index contributed by atoms with van der Waals surface area (Å²) < 4.78 is 0. The van der Waals surface area contributed by atoms with Gasteiger partial charge >= 0.3 is 0 Å². The van der Waals surface area contributed by atoms with Gasteiger partial charge in [0.2, 0.25) is 0 Å². The molecule has 13 aromatic carbocycles. The van der Waals surface area contributed by atoms with E-state index in [1.54, 1.807) is 0 Å². The maximum atomic E-state index is 2.55. The Labute approximate surface area is 456 Å². The van der Waals surface area contributed by atoms with E-state index in [-0.39, 0.29) is 10.8 Å². The molecule has 2 aliphatic rings. The zero-order valence-corrected chi connectivity index (χ0v) is 44.3. The molecule has 0 saturated carbocycles. The van der Waals surface area contributed by atoms with E-state index >= 15 is 0 Å². The number of benzene rings is 13. The van der Waals surface area contributed by atoms with Crippen molar-refractivity contribution in [3.8, 4) is 44.5 Å². The maximum Gasteiger partial charge on any atom is 0.0581 e. The summed E-state index contributed by atoms with van der Waals surface area (Å²) in [7, 11) is 0. The van der Waals surface area contributed by atoms with E-state index in [4.69, 9.17) is 0 Å². The second-order valence-electron chi connectivity index (χ2n) is 22.3. The Morgan fingerprint density at radius 3 is 0.987 bits per heavy atom. The standard InChI is InChI=1S/C76H56N2/c1-75(2)64-42-18-20-46-68(64)77(50-28-10-6-11-29-50)73-60(40-24-44-66(73)75)52-36-22-38-58-62(52)48-63-53(61-41-25-45-67-74(61)78(51-30-12-7-13-31-51)69-47-21-19-43-65(69)76(67,3)4)37-23-39-59(63)72(58)71-56-34-16-14-32-54(56)70(49-26-8-5-9-27-49)55-33-15-17-35-57(55)71/h5-48H,1-4H3. The Kier molecular flexibility index (Phi) is 10.3. The predicted octanol–water partition coefficient (Wildman–Crippen LogP) is 21.2. The number of nitrogens with zero attached hydrogens (tertiary/aromatic N) is 2. The van der Waals surface area contributed by atoms with Gasteiger partial charge in [-0.25, -0.2) is 0 Å². The van der Waals surface area contributed by atoms with Crippen LogP contribution in [0.5, 0.6) is 0 Å². The van der Waals surface area contributed by atoms with Crippen LogP contribution in [0.3, 0.4) is 0 Å². The highest BCUT2D eigenvalue weighted by molar-refractivity contribution is 6.29. The van der Waals surface area contributed by atoms with Crippen LogP contribution < -0.4 is 9.80 Å². The van der Waals surface area contributed by atoms with Gasteiger partial charge in [0.1, 0.15) is 0 Å². The zero-order chi connectivity index (χ0) is 52.3. The fraction of sp³-hybridized carbons (Fsp3) is 0.0789. The highest BCUT2D eigenvalue weighted by Gasteiger charge is 2.40. The quantitative estimate of drug-likeness (QED) is 0.153. The minimum atomic E-state index is -0.273. The number of hydrogen-bond donors (Lipinski definition) is 0. The van der Waals surface area contributed by atoms with Gasteiger partial charge in [0, 0.05) is 33.3 Å². The number of rotatable bonds is 6. The second-order valence-corrected chi connectivity index (χ2v) is 22.3. The van der Waals surface area contributed by atoms with Crippen LogP contribution in [-0.2, 0) is 10.8 Å². The third kappa shape index (κ3) is 6.69. The van der Waals surface area contributed by atoms with Crippen LogP contribution in [-0.4, -0.2) is 0 Å². The number of fused-ring (bicyclic) bond motifs is 8. The molecule has 0 N–H and O–H groups in total. The molecule has 2 aliphatic heterocycles. The monoisotopic (exact) mass is 996 g/mol. The van der Waals surface area contributed by atoms with Gasteiger partial charge in [-0.2, -0.15) is 0 Å². The summed E-state index contributed by atoms with van der Waals surface area (Å²) in [6.45, 7) is 9.58. The summed E-state index contributed by atoms with van der Waals surface area (Å²) in [6, 6.07) is 99.8. The molecule has 2 heteroatoms. The van der Waals surface area contributed by atoms with Gasteiger partial charge < -0.3 is 9.80 Å². The van der Waals surface area contributed by atoms with E-state index < -0.39 is 0 Å². The van der Waals surface area contributed by atoms with Crippen molar-refractivity contribution >= 4 is 77.2 Å². The molecule has 0 aromatic heterocycles. The first-order chi connectivity index (χ1) is 38.3. The highest BCUT2D eigenvalue weighted by atomic mass is 15.2. The summed E-state index contributed by atoms with van der Waals surface area (Å²) in [6.07, 6.45) is 0. The third-order valence-electron chi connectivity index (χ3n) is 17.4. The molecular weight excluding hydrogens is 941 g/mol. The fourth-order valence-electron chi connectivity index (χ4n) is 13.8. The predicted molar refractivity (Wildman–Crippen MR) is 332 cm³/mol. The molecule has 370 valence electrons. The van der Waals surface area contributed by atoms with Gasteiger partial charge in [0.25, 0.3) is 0 Å². The molecule has 0 amide bonds. The molecular formula is C76H56N2. The van der Waals surface area contributed by atoms with E-state index in [1.807, 2.05) is 0 Å². The molecule has 0 saturated heterocycles. The Bertz CT molecular complexity index is 4290. The molecule has 0 fully saturated rings. The molecule has 2 heterocycles. The molecule has 15 rings (SSSR count). The van der Waals surface area contributed by atoms with E-state index in [1.165, 1.54) is 133 Å². The smallest absolute Gasteiger partial charge is 0.0581 e. The van der Waals surface area contributed by atoms with Crippen molar-refractivity contribution < 1.29 is 0 Å². The average Bonchev–Trinajstić information content (AvgIpc) is 3.17. The highest BCUT2D eigenvalue weighted by Crippen LogP contribution is 2.59. The number of anilines is 6. The summed E-state index contributed by atoms with van der Waals surface area (Å²) in [5.41, 5.74) is 21.6. The maximum absolute atomic E-state index is 2.55. The van der Waals surface area contributed by atoms with Crippen molar-refractivity contribution in [2.24, 2.45) is 0 Å². The van der Waals surface area contributed by atoms with Crippen molar-refractivity contribution in [3.63, 3.8) is 0 Å². The van der Waals surface area contributed by atoms with E-state index in [0.717, 1.165) is 11.4 Å². The van der Waals surface area contributed by atoms with Gasteiger partial charge in [-0.15, -0.1) is 0 Å². The zero-order valence-electron chi connectivity index (χ0n) is 44.3. The third-order valence-corrected chi connectivity index (χ3v) is 17.4. The number of hydrogen-bond acceptors (Lipinski definition) is 2. The van der Waals surface area contributed by atoms with Crippen molar-refractivity contribution in [2.75, 3.05) is 9.80 Å². The van der Waals surface area contributed by atoms with Gasteiger partial charge in [0.05, 0.1) is 22.7 Å². The van der Waals surface area contributed by atoms with Crippen LogP contribution in [0.1, 0.15) is 49.9 Å². The molecule has 0 radical (unpaired) electrons. The summed E-state index contributed by atoms with van der Waals surface area (Å²) in [4.78, 5) is 5.05. The molecule has 0 aliphatic carbocycles. The van der Waals surface area contributed by atoms with E-state index in [2.05, 4.69) is 304 Å². The normalized spacial score (nSPS) is 14.1. The Balaban J connectivity index is 1.10. The molecule has 78 heavy (non-hydrogen) atoms. The average molecular weight is 997 g/mol. The SMILES string of the molecule is CC1(C)c2ccccc2N(c2ccccc2)c2c(-c3cccc4c(-c5c6ccccc6c(-c6ccccc6)c6ccccc56)c5cccc(-c6cccc7c6N(c6ccccc6)c6ccccc6C7(C)C)c5cc34)cccc21. The molecule has 13 aromatic rings. The van der Waals surface area contributed by atoms with Crippen molar-refractivity contribution in [1.29, 1.82) is 0 Å². The van der Waals surface area contributed by atoms with E-state index in [9.17, 15) is 0 Å². The Morgan fingerprint density at radius 2 is 0.551 bits per heavy atom. The lowest BCUT2D eigenvalue weighted by atomic mass is 9.72.